The minimum atomic E-state index is -0.00931. The Labute approximate surface area is 110 Å². The third-order valence-corrected chi connectivity index (χ3v) is 3.27. The van der Waals surface area contributed by atoms with Gasteiger partial charge in [-0.3, -0.25) is 4.79 Å². The van der Waals surface area contributed by atoms with Crippen LogP contribution in [0.25, 0.3) is 0 Å². The second-order valence-electron chi connectivity index (χ2n) is 4.75. The number of anilines is 1. The van der Waals surface area contributed by atoms with Crippen LogP contribution in [0.5, 0.6) is 0 Å². The third kappa shape index (κ3) is 4.78. The number of unbranched alkanes of at least 4 members (excludes halogenated alkanes) is 1. The lowest BCUT2D eigenvalue weighted by atomic mass is 9.99. The van der Waals surface area contributed by atoms with Crippen molar-refractivity contribution in [3.63, 3.8) is 0 Å². The molecule has 0 radical (unpaired) electrons. The van der Waals surface area contributed by atoms with Crippen molar-refractivity contribution in [2.24, 2.45) is 5.92 Å². The molecule has 0 spiro atoms. The Morgan fingerprint density at radius 3 is 2.50 bits per heavy atom. The molecule has 1 rings (SSSR count). The number of nitrogen functional groups attached to an aromatic ring is 1. The van der Waals surface area contributed by atoms with Gasteiger partial charge in [-0.15, -0.1) is 0 Å². The first kappa shape index (κ1) is 14.6. The lowest BCUT2D eigenvalue weighted by Crippen LogP contribution is -2.29. The Morgan fingerprint density at radius 2 is 1.94 bits per heavy atom. The van der Waals surface area contributed by atoms with Crippen LogP contribution in [0.3, 0.4) is 0 Å². The van der Waals surface area contributed by atoms with E-state index in [1.54, 1.807) is 24.3 Å². The van der Waals surface area contributed by atoms with E-state index in [0.29, 0.717) is 17.2 Å². The Bertz CT molecular complexity index is 359. The van der Waals surface area contributed by atoms with E-state index in [0.717, 1.165) is 13.0 Å². The van der Waals surface area contributed by atoms with Crippen molar-refractivity contribution in [1.82, 2.24) is 5.32 Å². The normalized spacial score (nSPS) is 12.1. The summed E-state index contributed by atoms with van der Waals surface area (Å²) >= 11 is 0. The zero-order valence-corrected chi connectivity index (χ0v) is 11.4. The van der Waals surface area contributed by atoms with Crippen molar-refractivity contribution in [3.8, 4) is 0 Å². The molecule has 0 saturated heterocycles. The molecule has 0 bridgehead atoms. The van der Waals surface area contributed by atoms with E-state index < -0.39 is 0 Å². The van der Waals surface area contributed by atoms with E-state index in [2.05, 4.69) is 19.2 Å². The summed E-state index contributed by atoms with van der Waals surface area (Å²) < 4.78 is 0. The first-order valence-electron chi connectivity index (χ1n) is 6.81. The van der Waals surface area contributed by atoms with Gasteiger partial charge in [-0.1, -0.05) is 33.1 Å². The fourth-order valence-corrected chi connectivity index (χ4v) is 1.92. The number of amides is 1. The van der Waals surface area contributed by atoms with E-state index in [9.17, 15) is 4.79 Å². The van der Waals surface area contributed by atoms with Crippen LogP contribution >= 0.6 is 0 Å². The minimum Gasteiger partial charge on any atom is -0.399 e. The SMILES string of the molecule is CCCC[C@@H](CC)CNC(=O)c1ccc(N)cc1. The molecule has 3 N–H and O–H groups in total. The summed E-state index contributed by atoms with van der Waals surface area (Å²) in [5.41, 5.74) is 6.95. The Morgan fingerprint density at radius 1 is 1.28 bits per heavy atom. The Hall–Kier alpha value is -1.51. The fourth-order valence-electron chi connectivity index (χ4n) is 1.92. The van der Waals surface area contributed by atoms with E-state index >= 15 is 0 Å². The first-order chi connectivity index (χ1) is 8.67. The molecule has 18 heavy (non-hydrogen) atoms. The van der Waals surface area contributed by atoms with Crippen LogP contribution in [0, 0.1) is 5.92 Å². The van der Waals surface area contributed by atoms with Crippen LogP contribution in [0.1, 0.15) is 49.9 Å². The van der Waals surface area contributed by atoms with Crippen molar-refractivity contribution < 1.29 is 4.79 Å². The highest BCUT2D eigenvalue weighted by Crippen LogP contribution is 2.12. The summed E-state index contributed by atoms with van der Waals surface area (Å²) in [6.07, 6.45) is 4.75. The molecule has 1 amide bonds. The summed E-state index contributed by atoms with van der Waals surface area (Å²) in [5, 5.41) is 3.00. The maximum atomic E-state index is 11.9. The molecule has 3 heteroatoms. The molecule has 0 aliphatic carbocycles. The number of nitrogens with two attached hydrogens (primary N) is 1. The van der Waals surface area contributed by atoms with Gasteiger partial charge in [0.2, 0.25) is 0 Å². The van der Waals surface area contributed by atoms with Gasteiger partial charge in [0.25, 0.3) is 5.91 Å². The van der Waals surface area contributed by atoms with Crippen LogP contribution in [-0.4, -0.2) is 12.5 Å². The topological polar surface area (TPSA) is 55.1 Å². The molecule has 0 aromatic heterocycles. The molecule has 100 valence electrons. The second-order valence-corrected chi connectivity index (χ2v) is 4.75. The highest BCUT2D eigenvalue weighted by atomic mass is 16.1. The molecule has 0 aliphatic rings. The number of benzene rings is 1. The molecule has 0 heterocycles. The summed E-state index contributed by atoms with van der Waals surface area (Å²) in [4.78, 5) is 11.9. The molecular formula is C15H24N2O. The van der Waals surface area contributed by atoms with Crippen LogP contribution < -0.4 is 11.1 Å². The largest absolute Gasteiger partial charge is 0.399 e. The fraction of sp³-hybridized carbons (Fsp3) is 0.533. The van der Waals surface area contributed by atoms with Crippen molar-refractivity contribution in [1.29, 1.82) is 0 Å². The highest BCUT2D eigenvalue weighted by Gasteiger charge is 2.09. The zero-order chi connectivity index (χ0) is 13.4. The third-order valence-electron chi connectivity index (χ3n) is 3.27. The average Bonchev–Trinajstić information content (AvgIpc) is 2.39. The molecule has 0 fully saturated rings. The maximum absolute atomic E-state index is 11.9. The molecule has 3 nitrogen and oxygen atoms in total. The van der Waals surface area contributed by atoms with Gasteiger partial charge in [-0.25, -0.2) is 0 Å². The first-order valence-corrected chi connectivity index (χ1v) is 6.81. The molecular weight excluding hydrogens is 224 g/mol. The van der Waals surface area contributed by atoms with Crippen molar-refractivity contribution >= 4 is 11.6 Å². The summed E-state index contributed by atoms with van der Waals surface area (Å²) in [5.74, 6) is 0.577. The van der Waals surface area contributed by atoms with Gasteiger partial charge in [0.05, 0.1) is 0 Å². The van der Waals surface area contributed by atoms with Crippen LogP contribution in [0.4, 0.5) is 5.69 Å². The molecule has 1 atom stereocenters. The summed E-state index contributed by atoms with van der Waals surface area (Å²) in [7, 11) is 0. The van der Waals surface area contributed by atoms with Crippen LogP contribution in [0.2, 0.25) is 0 Å². The Kier molecular flexibility index (Phi) is 6.26. The number of hydrogen-bond donors (Lipinski definition) is 2. The average molecular weight is 248 g/mol. The number of carbonyl (C=O) groups is 1. The van der Waals surface area contributed by atoms with Crippen LogP contribution in [0.15, 0.2) is 24.3 Å². The summed E-state index contributed by atoms with van der Waals surface area (Å²) in [6.45, 7) is 5.13. The minimum absolute atomic E-state index is 0.00931. The monoisotopic (exact) mass is 248 g/mol. The molecule has 1 aromatic carbocycles. The number of nitrogens with one attached hydrogen (secondary N) is 1. The number of rotatable bonds is 7. The van der Waals surface area contributed by atoms with Gasteiger partial charge in [0, 0.05) is 17.8 Å². The predicted molar refractivity (Wildman–Crippen MR) is 76.5 cm³/mol. The number of hydrogen-bond acceptors (Lipinski definition) is 2. The standard InChI is InChI=1S/C15H24N2O/c1-3-5-6-12(4-2)11-17-15(18)13-7-9-14(16)10-8-13/h7-10,12H,3-6,11,16H2,1-2H3,(H,17,18)/t12-/m1/s1. The van der Waals surface area contributed by atoms with E-state index in [1.807, 2.05) is 0 Å². The smallest absolute Gasteiger partial charge is 0.251 e. The quantitative estimate of drug-likeness (QED) is 0.728. The molecule has 0 aliphatic heterocycles. The molecule has 0 saturated carbocycles. The maximum Gasteiger partial charge on any atom is 0.251 e. The van der Waals surface area contributed by atoms with E-state index in [1.165, 1.54) is 19.3 Å². The van der Waals surface area contributed by atoms with Gasteiger partial charge < -0.3 is 11.1 Å². The van der Waals surface area contributed by atoms with Gasteiger partial charge in [0.15, 0.2) is 0 Å². The van der Waals surface area contributed by atoms with Gasteiger partial charge >= 0.3 is 0 Å². The van der Waals surface area contributed by atoms with Crippen molar-refractivity contribution in [2.45, 2.75) is 39.5 Å². The van der Waals surface area contributed by atoms with Gasteiger partial charge in [-0.05, 0) is 36.6 Å². The van der Waals surface area contributed by atoms with Crippen molar-refractivity contribution in [2.75, 3.05) is 12.3 Å². The van der Waals surface area contributed by atoms with Crippen LogP contribution in [-0.2, 0) is 0 Å². The van der Waals surface area contributed by atoms with Gasteiger partial charge in [-0.2, -0.15) is 0 Å². The molecule has 0 unspecified atom stereocenters. The lowest BCUT2D eigenvalue weighted by molar-refractivity contribution is 0.0946. The zero-order valence-electron chi connectivity index (χ0n) is 11.4. The Balaban J connectivity index is 2.42. The second kappa shape index (κ2) is 7.75. The van der Waals surface area contributed by atoms with E-state index in [-0.39, 0.29) is 5.91 Å². The number of carbonyl (C=O) groups excluding carboxylic acids is 1. The predicted octanol–water partition coefficient (Wildman–Crippen LogP) is 3.22. The van der Waals surface area contributed by atoms with Gasteiger partial charge in [0.1, 0.15) is 0 Å². The lowest BCUT2D eigenvalue weighted by Gasteiger charge is -2.15. The van der Waals surface area contributed by atoms with E-state index in [4.69, 9.17) is 5.73 Å². The highest BCUT2D eigenvalue weighted by molar-refractivity contribution is 5.94. The van der Waals surface area contributed by atoms with Crippen molar-refractivity contribution in [3.05, 3.63) is 29.8 Å². The summed E-state index contributed by atoms with van der Waals surface area (Å²) in [6, 6.07) is 7.03. The molecule has 1 aromatic rings.